The first-order chi connectivity index (χ1) is 11.7. The van der Waals surface area contributed by atoms with Gasteiger partial charge in [0.2, 0.25) is 0 Å². The molecule has 4 nitrogen and oxygen atoms in total. The highest BCUT2D eigenvalue weighted by molar-refractivity contribution is 6.21. The number of rotatable bonds is 7. The van der Waals surface area contributed by atoms with Crippen LogP contribution in [0.5, 0.6) is 0 Å². The van der Waals surface area contributed by atoms with Crippen molar-refractivity contribution in [3.8, 4) is 0 Å². The van der Waals surface area contributed by atoms with E-state index in [2.05, 4.69) is 0 Å². The first-order valence-corrected chi connectivity index (χ1v) is 8.42. The molecule has 0 saturated carbocycles. The van der Waals surface area contributed by atoms with Gasteiger partial charge in [0.15, 0.2) is 6.29 Å². The van der Waals surface area contributed by atoms with Crippen LogP contribution in [0, 0.1) is 0 Å². The lowest BCUT2D eigenvalue weighted by Gasteiger charge is -2.20. The average molecular weight is 349 g/mol. The van der Waals surface area contributed by atoms with Crippen LogP contribution in [-0.2, 0) is 27.4 Å². The van der Waals surface area contributed by atoms with Gasteiger partial charge in [-0.2, -0.15) is 0 Å². The summed E-state index contributed by atoms with van der Waals surface area (Å²) in [7, 11) is 0. The topological polar surface area (TPSA) is 47.9 Å². The van der Waals surface area contributed by atoms with Crippen LogP contribution in [0.3, 0.4) is 0 Å². The second-order valence-electron chi connectivity index (χ2n) is 5.77. The van der Waals surface area contributed by atoms with Crippen LogP contribution in [0.1, 0.15) is 11.1 Å². The van der Waals surface area contributed by atoms with Crippen molar-refractivity contribution in [3.63, 3.8) is 0 Å². The van der Waals surface area contributed by atoms with E-state index in [-0.39, 0.29) is 0 Å². The van der Waals surface area contributed by atoms with Crippen LogP contribution in [0.4, 0.5) is 0 Å². The molecule has 0 amide bonds. The monoisotopic (exact) mass is 348 g/mol. The van der Waals surface area contributed by atoms with Gasteiger partial charge in [0.25, 0.3) is 0 Å². The van der Waals surface area contributed by atoms with E-state index in [1.54, 1.807) is 0 Å². The molecule has 1 fully saturated rings. The number of benzene rings is 2. The third-order valence-corrected chi connectivity index (χ3v) is 4.41. The Morgan fingerprint density at radius 2 is 1.50 bits per heavy atom. The zero-order valence-corrected chi connectivity index (χ0v) is 14.0. The van der Waals surface area contributed by atoms with Gasteiger partial charge in [-0.1, -0.05) is 60.7 Å². The van der Waals surface area contributed by atoms with Crippen molar-refractivity contribution in [2.75, 3.05) is 6.61 Å². The van der Waals surface area contributed by atoms with Crippen molar-refractivity contribution in [1.29, 1.82) is 0 Å². The molecular formula is C19H21ClO4. The molecule has 0 aliphatic carbocycles. The quantitative estimate of drug-likeness (QED) is 0.781. The molecule has 0 aromatic heterocycles. The minimum Gasteiger partial charge on any atom is -0.374 e. The molecule has 4 atom stereocenters. The maximum atomic E-state index is 9.86. The minimum atomic E-state index is -1.04. The zero-order chi connectivity index (χ0) is 16.8. The van der Waals surface area contributed by atoms with E-state index in [1.165, 1.54) is 0 Å². The highest BCUT2D eigenvalue weighted by Crippen LogP contribution is 2.28. The van der Waals surface area contributed by atoms with E-state index < -0.39 is 23.9 Å². The van der Waals surface area contributed by atoms with E-state index in [0.717, 1.165) is 11.1 Å². The van der Waals surface area contributed by atoms with Crippen LogP contribution >= 0.6 is 11.6 Å². The van der Waals surface area contributed by atoms with Crippen molar-refractivity contribution in [3.05, 3.63) is 71.8 Å². The van der Waals surface area contributed by atoms with Crippen molar-refractivity contribution in [1.82, 2.24) is 0 Å². The number of hydrogen-bond donors (Lipinski definition) is 1. The van der Waals surface area contributed by atoms with Gasteiger partial charge >= 0.3 is 0 Å². The van der Waals surface area contributed by atoms with Crippen molar-refractivity contribution >= 4 is 11.6 Å². The van der Waals surface area contributed by atoms with Crippen LogP contribution in [0.25, 0.3) is 0 Å². The SMILES string of the molecule is OC1O[C@H](COCc2ccccc2)[C@@H](OCc2ccccc2)[C@H]1Cl. The number of halogens is 1. The molecule has 1 aliphatic rings. The lowest BCUT2D eigenvalue weighted by atomic mass is 10.1. The summed E-state index contributed by atoms with van der Waals surface area (Å²) in [4.78, 5) is 0. The third kappa shape index (κ3) is 4.56. The van der Waals surface area contributed by atoms with Crippen LogP contribution in [0.2, 0.25) is 0 Å². The average Bonchev–Trinajstić information content (AvgIpc) is 2.89. The van der Waals surface area contributed by atoms with Gasteiger partial charge < -0.3 is 19.3 Å². The summed E-state index contributed by atoms with van der Waals surface area (Å²) in [6, 6.07) is 19.7. The zero-order valence-electron chi connectivity index (χ0n) is 13.3. The molecule has 1 saturated heterocycles. The number of alkyl halides is 1. The number of aliphatic hydroxyl groups is 1. The molecule has 2 aromatic carbocycles. The van der Waals surface area contributed by atoms with Gasteiger partial charge in [0.05, 0.1) is 19.8 Å². The van der Waals surface area contributed by atoms with Crippen molar-refractivity contribution in [2.45, 2.75) is 37.1 Å². The van der Waals surface area contributed by atoms with Gasteiger partial charge in [-0.05, 0) is 11.1 Å². The lowest BCUT2D eigenvalue weighted by Crippen LogP contribution is -2.34. The molecule has 1 N–H and O–H groups in total. The third-order valence-electron chi connectivity index (χ3n) is 3.95. The van der Waals surface area contributed by atoms with Crippen LogP contribution in [-0.4, -0.2) is 35.6 Å². The summed E-state index contributed by atoms with van der Waals surface area (Å²) in [5, 5.41) is 9.25. The Balaban J connectivity index is 1.52. The van der Waals surface area contributed by atoms with Crippen molar-refractivity contribution in [2.24, 2.45) is 0 Å². The summed E-state index contributed by atoms with van der Waals surface area (Å²) < 4.78 is 17.1. The molecule has 0 bridgehead atoms. The Morgan fingerprint density at radius 1 is 0.917 bits per heavy atom. The standard InChI is InChI=1S/C19H21ClO4/c20-17-18(23-12-15-9-5-2-6-10-15)16(24-19(17)21)13-22-11-14-7-3-1-4-8-14/h1-10,16-19,21H,11-13H2/t16-,17-,18-,19?/m1/s1. The van der Waals surface area contributed by atoms with E-state index >= 15 is 0 Å². The fraction of sp³-hybridized carbons (Fsp3) is 0.368. The van der Waals surface area contributed by atoms with Crippen LogP contribution in [0.15, 0.2) is 60.7 Å². The molecule has 5 heteroatoms. The van der Waals surface area contributed by atoms with Crippen molar-refractivity contribution < 1.29 is 19.3 Å². The smallest absolute Gasteiger partial charge is 0.174 e. The highest BCUT2D eigenvalue weighted by atomic mass is 35.5. The largest absolute Gasteiger partial charge is 0.374 e. The van der Waals surface area contributed by atoms with Gasteiger partial charge in [-0.15, -0.1) is 11.6 Å². The number of hydrogen-bond acceptors (Lipinski definition) is 4. The summed E-state index contributed by atoms with van der Waals surface area (Å²) in [6.07, 6.45) is -1.86. The summed E-state index contributed by atoms with van der Waals surface area (Å²) in [6.45, 7) is 1.21. The molecule has 1 aliphatic heterocycles. The molecule has 0 radical (unpaired) electrons. The van der Waals surface area contributed by atoms with E-state index in [1.807, 2.05) is 60.7 Å². The van der Waals surface area contributed by atoms with Gasteiger partial charge in [0.1, 0.15) is 17.6 Å². The summed E-state index contributed by atoms with van der Waals surface area (Å²) in [5.74, 6) is 0. The first-order valence-electron chi connectivity index (χ1n) is 7.99. The molecule has 1 unspecified atom stereocenters. The summed E-state index contributed by atoms with van der Waals surface area (Å²) in [5.41, 5.74) is 2.13. The molecule has 24 heavy (non-hydrogen) atoms. The summed E-state index contributed by atoms with van der Waals surface area (Å²) >= 11 is 6.23. The molecule has 1 heterocycles. The van der Waals surface area contributed by atoms with Gasteiger partial charge in [-0.25, -0.2) is 0 Å². The predicted octanol–water partition coefficient (Wildman–Crippen LogP) is 3.11. The Morgan fingerprint density at radius 3 is 2.12 bits per heavy atom. The molecule has 3 rings (SSSR count). The van der Waals surface area contributed by atoms with E-state index in [4.69, 9.17) is 25.8 Å². The minimum absolute atomic E-state index is 0.314. The molecular weight excluding hydrogens is 328 g/mol. The predicted molar refractivity (Wildman–Crippen MR) is 91.6 cm³/mol. The number of aliphatic hydroxyl groups excluding tert-OH is 1. The van der Waals surface area contributed by atoms with E-state index in [9.17, 15) is 5.11 Å². The Kier molecular flexibility index (Phi) is 6.24. The molecule has 2 aromatic rings. The fourth-order valence-electron chi connectivity index (χ4n) is 2.67. The molecule has 128 valence electrons. The Bertz CT molecular complexity index is 607. The van der Waals surface area contributed by atoms with Gasteiger partial charge in [-0.3, -0.25) is 0 Å². The highest BCUT2D eigenvalue weighted by Gasteiger charge is 2.43. The van der Waals surface area contributed by atoms with E-state index in [0.29, 0.717) is 19.8 Å². The number of ether oxygens (including phenoxy) is 3. The van der Waals surface area contributed by atoms with Crippen LogP contribution < -0.4 is 0 Å². The maximum absolute atomic E-state index is 9.86. The van der Waals surface area contributed by atoms with Gasteiger partial charge in [0, 0.05) is 0 Å². The Labute approximate surface area is 146 Å². The molecule has 0 spiro atoms. The normalized spacial score (nSPS) is 26.6. The lowest BCUT2D eigenvalue weighted by molar-refractivity contribution is -0.122. The maximum Gasteiger partial charge on any atom is 0.174 e. The second kappa shape index (κ2) is 8.60. The first kappa shape index (κ1) is 17.4. The fourth-order valence-corrected chi connectivity index (χ4v) is 2.96. The Hall–Kier alpha value is -1.43. The second-order valence-corrected chi connectivity index (χ2v) is 6.28.